The van der Waals surface area contributed by atoms with E-state index in [1.165, 1.54) is 6.39 Å². The van der Waals surface area contributed by atoms with Crippen molar-refractivity contribution >= 4 is 0 Å². The third-order valence-electron chi connectivity index (χ3n) is 2.38. The van der Waals surface area contributed by atoms with Crippen LogP contribution in [0.15, 0.2) is 41.3 Å². The van der Waals surface area contributed by atoms with Crippen LogP contribution in [0.3, 0.4) is 0 Å². The Labute approximate surface area is 101 Å². The minimum atomic E-state index is 0.681. The lowest BCUT2D eigenvalue weighted by atomic mass is 10.2. The molecule has 0 aliphatic heterocycles. The quantitative estimate of drug-likeness (QED) is 0.830. The maximum absolute atomic E-state index is 5.55. The van der Waals surface area contributed by atoms with Crippen molar-refractivity contribution in [2.45, 2.75) is 20.0 Å². The zero-order chi connectivity index (χ0) is 11.9. The van der Waals surface area contributed by atoms with E-state index in [9.17, 15) is 0 Å². The zero-order valence-electron chi connectivity index (χ0n) is 9.85. The van der Waals surface area contributed by atoms with Crippen LogP contribution in [0.1, 0.15) is 18.2 Å². The Morgan fingerprint density at radius 3 is 2.94 bits per heavy atom. The van der Waals surface area contributed by atoms with Gasteiger partial charge in [0.05, 0.1) is 12.3 Å². The van der Waals surface area contributed by atoms with Crippen LogP contribution in [0.2, 0.25) is 0 Å². The fourth-order valence-electron chi connectivity index (χ4n) is 1.60. The predicted molar refractivity (Wildman–Crippen MR) is 64.7 cm³/mol. The fourth-order valence-corrected chi connectivity index (χ4v) is 1.60. The van der Waals surface area contributed by atoms with Crippen LogP contribution in [0.25, 0.3) is 0 Å². The van der Waals surface area contributed by atoms with E-state index in [0.29, 0.717) is 13.2 Å². The monoisotopic (exact) mass is 232 g/mol. The second-order valence-electron chi connectivity index (χ2n) is 3.62. The first-order valence-corrected chi connectivity index (χ1v) is 5.68. The summed E-state index contributed by atoms with van der Waals surface area (Å²) in [7, 11) is 0. The van der Waals surface area contributed by atoms with Crippen molar-refractivity contribution in [3.05, 3.63) is 48.2 Å². The van der Waals surface area contributed by atoms with Gasteiger partial charge in [-0.15, -0.1) is 0 Å². The van der Waals surface area contributed by atoms with Crippen molar-refractivity contribution < 1.29 is 9.15 Å². The van der Waals surface area contributed by atoms with Gasteiger partial charge in [0, 0.05) is 18.7 Å². The Kier molecular flexibility index (Phi) is 4.16. The molecule has 4 nitrogen and oxygen atoms in total. The van der Waals surface area contributed by atoms with E-state index in [1.807, 2.05) is 25.1 Å². The summed E-state index contributed by atoms with van der Waals surface area (Å²) in [6.45, 7) is 4.11. The van der Waals surface area contributed by atoms with Gasteiger partial charge >= 0.3 is 0 Å². The third kappa shape index (κ3) is 3.32. The minimum Gasteiger partial charge on any atom is -0.494 e. The van der Waals surface area contributed by atoms with Crippen LogP contribution in [0.4, 0.5) is 0 Å². The second kappa shape index (κ2) is 6.06. The first-order chi connectivity index (χ1) is 8.40. The average molecular weight is 232 g/mol. The molecular formula is C13H16N2O2. The Morgan fingerprint density at radius 2 is 2.18 bits per heavy atom. The molecule has 0 amide bonds. The molecule has 1 N–H and O–H groups in total. The number of ether oxygens (including phenoxy) is 1. The normalized spacial score (nSPS) is 10.4. The molecular weight excluding hydrogens is 216 g/mol. The van der Waals surface area contributed by atoms with Crippen LogP contribution in [-0.2, 0) is 13.1 Å². The third-order valence-corrected chi connectivity index (χ3v) is 2.38. The Balaban J connectivity index is 1.89. The van der Waals surface area contributed by atoms with E-state index in [2.05, 4.69) is 16.4 Å². The van der Waals surface area contributed by atoms with Gasteiger partial charge in [0.2, 0.25) is 0 Å². The van der Waals surface area contributed by atoms with E-state index in [4.69, 9.17) is 9.15 Å². The highest BCUT2D eigenvalue weighted by atomic mass is 16.5. The summed E-state index contributed by atoms with van der Waals surface area (Å²) >= 11 is 0. The molecule has 0 fully saturated rings. The van der Waals surface area contributed by atoms with Crippen LogP contribution in [0.5, 0.6) is 5.75 Å². The lowest BCUT2D eigenvalue weighted by Crippen LogP contribution is -2.13. The van der Waals surface area contributed by atoms with Gasteiger partial charge in [-0.3, -0.25) is 0 Å². The van der Waals surface area contributed by atoms with Gasteiger partial charge in [-0.25, -0.2) is 4.98 Å². The van der Waals surface area contributed by atoms with E-state index < -0.39 is 0 Å². The van der Waals surface area contributed by atoms with Crippen molar-refractivity contribution in [2.75, 3.05) is 6.61 Å². The lowest BCUT2D eigenvalue weighted by molar-refractivity contribution is 0.335. The molecule has 0 radical (unpaired) electrons. The summed E-state index contributed by atoms with van der Waals surface area (Å²) in [6, 6.07) is 8.03. The van der Waals surface area contributed by atoms with E-state index in [-0.39, 0.29) is 0 Å². The molecule has 17 heavy (non-hydrogen) atoms. The zero-order valence-corrected chi connectivity index (χ0v) is 9.85. The summed E-state index contributed by atoms with van der Waals surface area (Å²) < 4.78 is 10.5. The van der Waals surface area contributed by atoms with E-state index >= 15 is 0 Å². The molecule has 1 heterocycles. The maximum Gasteiger partial charge on any atom is 0.180 e. The molecule has 0 spiro atoms. The number of aromatic nitrogens is 1. The van der Waals surface area contributed by atoms with Crippen LogP contribution in [-0.4, -0.2) is 11.6 Å². The number of hydrogen-bond donors (Lipinski definition) is 1. The van der Waals surface area contributed by atoms with Crippen molar-refractivity contribution in [1.29, 1.82) is 0 Å². The topological polar surface area (TPSA) is 47.3 Å². The van der Waals surface area contributed by atoms with Gasteiger partial charge in [-0.2, -0.15) is 0 Å². The highest BCUT2D eigenvalue weighted by Gasteiger charge is 2.02. The maximum atomic E-state index is 5.55. The number of hydrogen-bond acceptors (Lipinski definition) is 4. The minimum absolute atomic E-state index is 0.681. The molecule has 2 aromatic rings. The summed E-state index contributed by atoms with van der Waals surface area (Å²) in [5.74, 6) is 0.933. The van der Waals surface area contributed by atoms with Gasteiger partial charge in [0.1, 0.15) is 12.0 Å². The fraction of sp³-hybridized carbons (Fsp3) is 0.308. The number of nitrogens with zero attached hydrogens (tertiary/aromatic N) is 1. The molecule has 0 aliphatic carbocycles. The Bertz CT molecular complexity index is 440. The largest absolute Gasteiger partial charge is 0.494 e. The first-order valence-electron chi connectivity index (χ1n) is 5.68. The van der Waals surface area contributed by atoms with Gasteiger partial charge < -0.3 is 14.5 Å². The SMILES string of the molecule is CCOc1ccccc1CNCc1cocn1. The van der Waals surface area contributed by atoms with Crippen molar-refractivity contribution in [3.8, 4) is 5.75 Å². The summed E-state index contributed by atoms with van der Waals surface area (Å²) in [6.07, 6.45) is 3.08. The average Bonchev–Trinajstić information content (AvgIpc) is 2.85. The molecule has 2 rings (SSSR count). The molecule has 4 heteroatoms. The number of oxazole rings is 1. The van der Waals surface area contributed by atoms with Gasteiger partial charge in [-0.05, 0) is 13.0 Å². The molecule has 0 aliphatic rings. The van der Waals surface area contributed by atoms with Gasteiger partial charge in [-0.1, -0.05) is 18.2 Å². The van der Waals surface area contributed by atoms with E-state index in [1.54, 1.807) is 6.26 Å². The lowest BCUT2D eigenvalue weighted by Gasteiger charge is -2.10. The molecule has 0 unspecified atom stereocenters. The van der Waals surface area contributed by atoms with Gasteiger partial charge in [0.15, 0.2) is 6.39 Å². The number of nitrogens with one attached hydrogen (secondary N) is 1. The number of benzene rings is 1. The molecule has 90 valence electrons. The van der Waals surface area contributed by atoms with Gasteiger partial charge in [0.25, 0.3) is 0 Å². The standard InChI is InChI=1S/C13H16N2O2/c1-2-17-13-6-4-3-5-11(13)7-14-8-12-9-16-10-15-12/h3-6,9-10,14H,2,7-8H2,1H3. The van der Waals surface area contributed by atoms with Crippen molar-refractivity contribution in [2.24, 2.45) is 0 Å². The first kappa shape index (κ1) is 11.7. The highest BCUT2D eigenvalue weighted by molar-refractivity contribution is 5.33. The summed E-state index contributed by atoms with van der Waals surface area (Å²) in [5.41, 5.74) is 2.05. The number of rotatable bonds is 6. The molecule has 0 saturated carbocycles. The van der Waals surface area contributed by atoms with Crippen LogP contribution in [0, 0.1) is 0 Å². The predicted octanol–water partition coefficient (Wildman–Crippen LogP) is 2.36. The molecule has 1 aromatic heterocycles. The van der Waals surface area contributed by atoms with Crippen LogP contribution >= 0.6 is 0 Å². The second-order valence-corrected chi connectivity index (χ2v) is 3.62. The van der Waals surface area contributed by atoms with Crippen molar-refractivity contribution in [1.82, 2.24) is 10.3 Å². The molecule has 1 aromatic carbocycles. The molecule has 0 saturated heterocycles. The smallest absolute Gasteiger partial charge is 0.180 e. The molecule has 0 bridgehead atoms. The Morgan fingerprint density at radius 1 is 1.29 bits per heavy atom. The van der Waals surface area contributed by atoms with E-state index in [0.717, 1.165) is 23.6 Å². The highest BCUT2D eigenvalue weighted by Crippen LogP contribution is 2.17. The number of para-hydroxylation sites is 1. The molecule has 0 atom stereocenters. The van der Waals surface area contributed by atoms with Crippen LogP contribution < -0.4 is 10.1 Å². The van der Waals surface area contributed by atoms with Crippen molar-refractivity contribution in [3.63, 3.8) is 0 Å². The summed E-state index contributed by atoms with van der Waals surface area (Å²) in [4.78, 5) is 4.05. The summed E-state index contributed by atoms with van der Waals surface area (Å²) in [5, 5.41) is 3.30. The Hall–Kier alpha value is -1.81.